The van der Waals surface area contributed by atoms with Crippen LogP contribution in [0.1, 0.15) is 58.2 Å². The standard InChI is InChI=1S/2C14H14ClN3O2.C8H6ClN3.C8H8ClNS.C7H6ClNS.C7H4ClN.C6H8O2.CH3I.CH2O.H4N2.Na.H2S/c2*1-10(2)20-13(19)6-7-18-9-16-14(17-18)11-4-3-5-12(15)8-11;9-7-3-1-2-6(4-7)8-10-5-11-12-8;1-11-8(10)6-3-2-4-7(9)5-6;8-6-3-1-2-5(4-6)7(9)10;8-7-3-1-2-6(4-7)5-9;1-4-6(7)8-5(2)3;3*1-2;;/h2*3-10H,1-2H3;1-5H,(H,10,11,12);2-5,10H,1H3;1-4H,(H2,9,10);1-4H;1,5H,2-3H3;1H3;1H2;1-2H2;;1H2/q;;;;;;;;;;+1;/p-1/b7-6+;7-6-;;;;;;;;;;. The summed E-state index contributed by atoms with van der Waals surface area (Å²) in [6.07, 6.45) is 16.2. The van der Waals surface area contributed by atoms with E-state index >= 15 is 0 Å². The van der Waals surface area contributed by atoms with E-state index in [0.717, 1.165) is 33.6 Å². The first-order valence-electron chi connectivity index (χ1n) is 27.4. The van der Waals surface area contributed by atoms with Gasteiger partial charge in [-0.1, -0.05) is 171 Å². The number of carbonyl (C=O) groups is 4. The van der Waals surface area contributed by atoms with Crippen LogP contribution in [0.5, 0.6) is 0 Å². The fraction of sp³-hybridized carbons (Fsp3) is 0.167. The number of nitrogens with one attached hydrogen (secondary N) is 2. The van der Waals surface area contributed by atoms with Crippen LogP contribution in [0.15, 0.2) is 177 Å². The molecule has 0 saturated carbocycles. The Bertz CT molecular complexity index is 3840. The largest absolute Gasteiger partial charge is 1.00 e. The summed E-state index contributed by atoms with van der Waals surface area (Å²) < 4.78 is 17.4. The number of ether oxygens (including phenoxy) is 3. The molecule has 0 saturated heterocycles. The summed E-state index contributed by atoms with van der Waals surface area (Å²) in [6.45, 7) is 12.7. The van der Waals surface area contributed by atoms with Crippen LogP contribution in [-0.2, 0) is 46.9 Å². The number of benzene rings is 6. The third-order valence-corrected chi connectivity index (χ3v) is 12.2. The second-order valence-electron chi connectivity index (χ2n) is 18.2. The van der Waals surface area contributed by atoms with Crippen molar-refractivity contribution in [3.8, 4) is 52.6 Å². The quantitative estimate of drug-likeness (QED) is 0.00601. The van der Waals surface area contributed by atoms with Gasteiger partial charge in [0, 0.05) is 88.4 Å². The van der Waals surface area contributed by atoms with Crippen molar-refractivity contribution in [1.29, 1.82) is 10.7 Å². The molecule has 9 aromatic rings. The Kier molecular flexibility index (Phi) is 55.2. The number of rotatable bonds is 12. The zero-order chi connectivity index (χ0) is 72.5. The van der Waals surface area contributed by atoms with Crippen molar-refractivity contribution in [2.24, 2.45) is 17.4 Å². The van der Waals surface area contributed by atoms with Gasteiger partial charge in [-0.15, -0.1) is 28.4 Å². The normalized spacial score (nSPS) is 9.45. The van der Waals surface area contributed by atoms with Crippen LogP contribution in [-0.4, -0.2) is 109 Å². The molecule has 0 spiro atoms. The van der Waals surface area contributed by atoms with Crippen LogP contribution in [0.4, 0.5) is 0 Å². The molecule has 0 aliphatic rings. The average Bonchev–Trinajstić information content (AvgIpc) is 1.73. The van der Waals surface area contributed by atoms with Gasteiger partial charge in [0.25, 0.3) is 0 Å². The van der Waals surface area contributed by atoms with Crippen LogP contribution in [0.25, 0.3) is 46.6 Å². The third kappa shape index (κ3) is 43.4. The number of esters is 3. The minimum absolute atomic E-state index is 0. The van der Waals surface area contributed by atoms with Gasteiger partial charge in [0.15, 0.2) is 17.5 Å². The first-order chi connectivity index (χ1) is 45.9. The number of carbonyl (C=O) groups excluding carboxylic acids is 4. The molecular formula is C66H70Cl6IN14NaO7S3. The van der Waals surface area contributed by atoms with E-state index in [1.54, 1.807) is 114 Å². The number of nitrogens with zero attached hydrogens (tertiary/aromatic N) is 9. The van der Waals surface area contributed by atoms with Gasteiger partial charge in [0.2, 0.25) is 0 Å². The van der Waals surface area contributed by atoms with Crippen LogP contribution in [0, 0.1) is 29.1 Å². The summed E-state index contributed by atoms with van der Waals surface area (Å²) in [5.41, 5.74) is 10.2. The number of nitriles is 1. The van der Waals surface area contributed by atoms with Crippen LogP contribution in [0.3, 0.4) is 0 Å². The SMILES string of the molecule is C#CC(=O)OC(C)C.C=O.CC(C)OC(=O)/C=C/n1cnc(-c2cccc(Cl)c2)n1.CC(C)OC(=O)/C=C\n1cnc(-c2cccc(Cl)c2)n1.CI.CSC(=N)c1cccc(Cl)c1.Clc1cccc(-c2ncn[nH]2)c1.N#Cc1cccc(Cl)c1.NC(=S)c1cccc(Cl)c1.NN.[Na+].[SH-]. The molecule has 98 heavy (non-hydrogen) atoms. The zero-order valence-corrected chi connectivity index (χ0v) is 65.7. The number of thiocarbonyl (C=S) groups is 1. The number of terminal acetylenes is 1. The Balaban J connectivity index is -0.00000108. The first kappa shape index (κ1) is 95.2. The molecule has 6 aromatic carbocycles. The van der Waals surface area contributed by atoms with Crippen molar-refractivity contribution in [2.75, 3.05) is 11.2 Å². The molecule has 0 fully saturated rings. The van der Waals surface area contributed by atoms with E-state index in [1.165, 1.54) is 64.7 Å². The number of aromatic nitrogens is 9. The van der Waals surface area contributed by atoms with Crippen molar-refractivity contribution in [2.45, 2.75) is 59.9 Å². The number of alkyl halides is 1. The third-order valence-electron chi connectivity index (χ3n) is 9.94. The Hall–Kier alpha value is -7.00. The van der Waals surface area contributed by atoms with Crippen LogP contribution in [0.2, 0.25) is 30.1 Å². The van der Waals surface area contributed by atoms with Gasteiger partial charge >= 0.3 is 47.5 Å². The van der Waals surface area contributed by atoms with Gasteiger partial charge in [-0.05, 0) is 132 Å². The molecule has 514 valence electrons. The van der Waals surface area contributed by atoms with Crippen molar-refractivity contribution in [1.82, 2.24) is 44.7 Å². The number of thioether (sulfide) groups is 1. The summed E-state index contributed by atoms with van der Waals surface area (Å²) in [5.74, 6) is 10.2. The molecule has 0 amide bonds. The average molecular weight is 1630 g/mol. The number of thiol groups is 1. The molecule has 3 aromatic heterocycles. The first-order valence-corrected chi connectivity index (χ1v) is 33.4. The maximum Gasteiger partial charge on any atom is 1.00 e. The molecule has 3 heterocycles. The minimum atomic E-state index is -0.597. The molecule has 0 aliphatic heterocycles. The van der Waals surface area contributed by atoms with Gasteiger partial charge in [0.05, 0.1) is 35.0 Å². The van der Waals surface area contributed by atoms with E-state index < -0.39 is 17.9 Å². The van der Waals surface area contributed by atoms with E-state index in [9.17, 15) is 14.4 Å². The number of halogens is 7. The number of H-pyrrole nitrogens is 1. The maximum absolute atomic E-state index is 11.4. The predicted octanol–water partition coefficient (Wildman–Crippen LogP) is 12.4. The van der Waals surface area contributed by atoms with E-state index in [-0.39, 0.29) is 61.4 Å². The summed E-state index contributed by atoms with van der Waals surface area (Å²) >= 11 is 42.9. The summed E-state index contributed by atoms with van der Waals surface area (Å²) in [5, 5.41) is 35.2. The number of hydrogen-bond donors (Lipinski definition) is 5. The number of nitrogens with two attached hydrogens (primary N) is 3. The van der Waals surface area contributed by atoms with E-state index in [1.807, 2.05) is 103 Å². The summed E-state index contributed by atoms with van der Waals surface area (Å²) in [6, 6.07) is 45.3. The molecule has 21 nitrogen and oxygen atoms in total. The monoisotopic (exact) mass is 1630 g/mol. The fourth-order valence-electron chi connectivity index (χ4n) is 6.21. The van der Waals surface area contributed by atoms with E-state index in [2.05, 4.69) is 74.4 Å². The smallest absolute Gasteiger partial charge is 0.813 e. The molecule has 0 radical (unpaired) electrons. The van der Waals surface area contributed by atoms with E-state index in [0.29, 0.717) is 57.4 Å². The maximum atomic E-state index is 11.4. The van der Waals surface area contributed by atoms with E-state index in [4.69, 9.17) is 119 Å². The van der Waals surface area contributed by atoms with Crippen molar-refractivity contribution < 1.29 is 62.9 Å². The van der Waals surface area contributed by atoms with Gasteiger partial charge in [0.1, 0.15) is 30.8 Å². The number of hydrazine groups is 1. The fourth-order valence-corrected chi connectivity index (χ4v) is 7.84. The molecule has 8 N–H and O–H groups in total. The Morgan fingerprint density at radius 1 is 0.633 bits per heavy atom. The Morgan fingerprint density at radius 2 is 1.00 bits per heavy atom. The second-order valence-corrected chi connectivity index (χ2v) is 22.1. The van der Waals surface area contributed by atoms with Crippen molar-refractivity contribution in [3.63, 3.8) is 0 Å². The summed E-state index contributed by atoms with van der Waals surface area (Å²) in [7, 11) is 0. The minimum Gasteiger partial charge on any atom is -0.813 e. The molecule has 0 atom stereocenters. The molecule has 0 unspecified atom stereocenters. The molecule has 0 aliphatic carbocycles. The van der Waals surface area contributed by atoms with Crippen LogP contribution >= 0.6 is 116 Å². The van der Waals surface area contributed by atoms with Gasteiger partial charge in [-0.25, -0.2) is 38.7 Å². The van der Waals surface area contributed by atoms with Crippen molar-refractivity contribution in [3.05, 3.63) is 224 Å². The Labute approximate surface area is 653 Å². The molecular weight excluding hydrogens is 1560 g/mol. The zero-order valence-electron chi connectivity index (χ0n) is 54.4. The second kappa shape index (κ2) is 56.8. The molecule has 32 heteroatoms. The Morgan fingerprint density at radius 3 is 1.32 bits per heavy atom. The number of aromatic amines is 1. The van der Waals surface area contributed by atoms with Crippen molar-refractivity contribution >= 4 is 177 Å². The van der Waals surface area contributed by atoms with Gasteiger partial charge < -0.3 is 38.2 Å². The predicted molar refractivity (Wildman–Crippen MR) is 410 cm³/mol. The summed E-state index contributed by atoms with van der Waals surface area (Å²) in [4.78, 5) is 55.5. The topological polar surface area (TPSA) is 325 Å². The van der Waals surface area contributed by atoms with Gasteiger partial charge in [-0.3, -0.25) is 22.2 Å². The molecule has 9 rings (SSSR count). The number of hydrogen-bond acceptors (Lipinski definition) is 20. The van der Waals surface area contributed by atoms with Gasteiger partial charge in [-0.2, -0.15) is 10.4 Å². The van der Waals surface area contributed by atoms with Crippen LogP contribution < -0.4 is 47.0 Å². The molecule has 0 bridgehead atoms.